The number of nitrogens with one attached hydrogen (secondary N) is 1. The predicted octanol–water partition coefficient (Wildman–Crippen LogP) is 4.30. The molecule has 0 radical (unpaired) electrons. The maximum atomic E-state index is 3.87. The van der Waals surface area contributed by atoms with Crippen LogP contribution in [-0.4, -0.2) is 36.6 Å². The predicted molar refractivity (Wildman–Crippen MR) is 92.6 cm³/mol. The van der Waals surface area contributed by atoms with Crippen molar-refractivity contribution in [3.63, 3.8) is 0 Å². The Morgan fingerprint density at radius 3 is 2.48 bits per heavy atom. The van der Waals surface area contributed by atoms with E-state index in [0.717, 1.165) is 29.8 Å². The van der Waals surface area contributed by atoms with Crippen molar-refractivity contribution in [3.05, 3.63) is 0 Å². The van der Waals surface area contributed by atoms with E-state index in [4.69, 9.17) is 0 Å². The standard InChI is InChI=1S/C19H38N2/c1-5-8-9-16(7-3)13-21-14-18(17-10-11-17)20-12-19(21)15(4)6-2/h15-20H,5-14H2,1-4H3. The summed E-state index contributed by atoms with van der Waals surface area (Å²) in [7, 11) is 0. The molecule has 2 fully saturated rings. The Morgan fingerprint density at radius 1 is 1.14 bits per heavy atom. The zero-order valence-corrected chi connectivity index (χ0v) is 14.9. The molecule has 21 heavy (non-hydrogen) atoms. The molecular formula is C19H38N2. The second kappa shape index (κ2) is 8.53. The molecule has 0 amide bonds. The van der Waals surface area contributed by atoms with Gasteiger partial charge in [-0.05, 0) is 37.0 Å². The fourth-order valence-electron chi connectivity index (χ4n) is 3.96. The average Bonchev–Trinajstić information content (AvgIpc) is 3.35. The Balaban J connectivity index is 1.94. The Kier molecular flexibility index (Phi) is 7.01. The Morgan fingerprint density at radius 2 is 1.90 bits per heavy atom. The van der Waals surface area contributed by atoms with E-state index < -0.39 is 0 Å². The lowest BCUT2D eigenvalue weighted by Crippen LogP contribution is -2.60. The van der Waals surface area contributed by atoms with E-state index in [1.165, 1.54) is 64.6 Å². The van der Waals surface area contributed by atoms with Crippen LogP contribution in [0.5, 0.6) is 0 Å². The van der Waals surface area contributed by atoms with Gasteiger partial charge in [-0.15, -0.1) is 0 Å². The van der Waals surface area contributed by atoms with Crippen LogP contribution in [0.2, 0.25) is 0 Å². The van der Waals surface area contributed by atoms with Gasteiger partial charge in [0.2, 0.25) is 0 Å². The van der Waals surface area contributed by atoms with Crippen molar-refractivity contribution in [1.82, 2.24) is 10.2 Å². The zero-order valence-electron chi connectivity index (χ0n) is 14.9. The van der Waals surface area contributed by atoms with Crippen molar-refractivity contribution in [2.24, 2.45) is 17.8 Å². The summed E-state index contributed by atoms with van der Waals surface area (Å²) < 4.78 is 0. The molecule has 1 heterocycles. The van der Waals surface area contributed by atoms with E-state index in [-0.39, 0.29) is 0 Å². The minimum absolute atomic E-state index is 0.765. The molecule has 0 aromatic rings. The van der Waals surface area contributed by atoms with Crippen LogP contribution < -0.4 is 5.32 Å². The molecule has 2 aliphatic rings. The van der Waals surface area contributed by atoms with Gasteiger partial charge in [-0.25, -0.2) is 0 Å². The Labute approximate surface area is 133 Å². The van der Waals surface area contributed by atoms with Gasteiger partial charge < -0.3 is 5.32 Å². The number of unbranched alkanes of at least 4 members (excludes halogenated alkanes) is 1. The van der Waals surface area contributed by atoms with Crippen molar-refractivity contribution in [2.75, 3.05) is 19.6 Å². The van der Waals surface area contributed by atoms with Crippen LogP contribution in [-0.2, 0) is 0 Å². The zero-order chi connectivity index (χ0) is 15.2. The normalized spacial score (nSPS) is 30.3. The first-order valence-electron chi connectivity index (χ1n) is 9.66. The van der Waals surface area contributed by atoms with Crippen LogP contribution in [0.25, 0.3) is 0 Å². The molecule has 1 aliphatic carbocycles. The summed E-state index contributed by atoms with van der Waals surface area (Å²) in [4.78, 5) is 2.87. The largest absolute Gasteiger partial charge is 0.311 e. The highest BCUT2D eigenvalue weighted by Crippen LogP contribution is 2.35. The minimum Gasteiger partial charge on any atom is -0.311 e. The number of rotatable bonds is 9. The van der Waals surface area contributed by atoms with Crippen LogP contribution in [0, 0.1) is 17.8 Å². The lowest BCUT2D eigenvalue weighted by molar-refractivity contribution is 0.0675. The van der Waals surface area contributed by atoms with Gasteiger partial charge in [0.05, 0.1) is 0 Å². The molecule has 0 bridgehead atoms. The van der Waals surface area contributed by atoms with Gasteiger partial charge in [-0.3, -0.25) is 4.90 Å². The van der Waals surface area contributed by atoms with Gasteiger partial charge in [0, 0.05) is 31.7 Å². The summed E-state index contributed by atoms with van der Waals surface area (Å²) in [6.45, 7) is 13.4. The smallest absolute Gasteiger partial charge is 0.0247 e. The van der Waals surface area contributed by atoms with E-state index in [1.807, 2.05) is 0 Å². The molecule has 1 saturated heterocycles. The molecule has 0 spiro atoms. The lowest BCUT2D eigenvalue weighted by atomic mass is 9.91. The molecule has 0 aromatic carbocycles. The molecule has 124 valence electrons. The molecule has 2 heteroatoms. The molecule has 2 rings (SSSR count). The fraction of sp³-hybridized carbons (Fsp3) is 1.00. The van der Waals surface area contributed by atoms with Crippen LogP contribution in [0.1, 0.15) is 72.6 Å². The monoisotopic (exact) mass is 294 g/mol. The van der Waals surface area contributed by atoms with E-state index >= 15 is 0 Å². The van der Waals surface area contributed by atoms with Crippen LogP contribution >= 0.6 is 0 Å². The highest BCUT2D eigenvalue weighted by molar-refractivity contribution is 4.96. The highest BCUT2D eigenvalue weighted by Gasteiger charge is 2.38. The minimum atomic E-state index is 0.765. The fourth-order valence-corrected chi connectivity index (χ4v) is 3.96. The van der Waals surface area contributed by atoms with Gasteiger partial charge in [-0.2, -0.15) is 0 Å². The highest BCUT2D eigenvalue weighted by atomic mass is 15.2. The van der Waals surface area contributed by atoms with Crippen LogP contribution in [0.15, 0.2) is 0 Å². The SMILES string of the molecule is CCCCC(CC)CN1CC(C2CC2)NCC1C(C)CC. The average molecular weight is 295 g/mol. The number of hydrogen-bond acceptors (Lipinski definition) is 2. The molecule has 1 saturated carbocycles. The maximum Gasteiger partial charge on any atom is 0.0247 e. The molecule has 0 aromatic heterocycles. The third kappa shape index (κ3) is 4.96. The topological polar surface area (TPSA) is 15.3 Å². The summed E-state index contributed by atoms with van der Waals surface area (Å²) in [5, 5.41) is 3.87. The summed E-state index contributed by atoms with van der Waals surface area (Å²) >= 11 is 0. The number of nitrogens with zero attached hydrogens (tertiary/aromatic N) is 1. The van der Waals surface area contributed by atoms with E-state index in [1.54, 1.807) is 0 Å². The van der Waals surface area contributed by atoms with Crippen molar-refractivity contribution >= 4 is 0 Å². The quantitative estimate of drug-likeness (QED) is 0.682. The van der Waals surface area contributed by atoms with Crippen molar-refractivity contribution in [2.45, 2.75) is 84.7 Å². The maximum absolute atomic E-state index is 3.87. The summed E-state index contributed by atoms with van der Waals surface area (Å²) in [6.07, 6.45) is 9.77. The summed E-state index contributed by atoms with van der Waals surface area (Å²) in [5.74, 6) is 2.72. The van der Waals surface area contributed by atoms with Gasteiger partial charge in [-0.1, -0.05) is 53.4 Å². The third-order valence-electron chi connectivity index (χ3n) is 6.02. The van der Waals surface area contributed by atoms with Crippen LogP contribution in [0.3, 0.4) is 0 Å². The van der Waals surface area contributed by atoms with E-state index in [0.29, 0.717) is 0 Å². The summed E-state index contributed by atoms with van der Waals surface area (Å²) in [6, 6.07) is 1.55. The molecule has 1 aliphatic heterocycles. The van der Waals surface area contributed by atoms with Gasteiger partial charge in [0.25, 0.3) is 0 Å². The van der Waals surface area contributed by atoms with Gasteiger partial charge >= 0.3 is 0 Å². The molecule has 4 unspecified atom stereocenters. The summed E-state index contributed by atoms with van der Waals surface area (Å²) in [5.41, 5.74) is 0. The van der Waals surface area contributed by atoms with Crippen molar-refractivity contribution in [3.8, 4) is 0 Å². The van der Waals surface area contributed by atoms with Gasteiger partial charge in [0.15, 0.2) is 0 Å². The lowest BCUT2D eigenvalue weighted by Gasteiger charge is -2.44. The Hall–Kier alpha value is -0.0800. The number of piperazine rings is 1. The first-order valence-corrected chi connectivity index (χ1v) is 9.66. The first kappa shape index (κ1) is 17.3. The van der Waals surface area contributed by atoms with Gasteiger partial charge in [0.1, 0.15) is 0 Å². The van der Waals surface area contributed by atoms with Crippen molar-refractivity contribution < 1.29 is 0 Å². The van der Waals surface area contributed by atoms with E-state index in [2.05, 4.69) is 37.9 Å². The second-order valence-corrected chi connectivity index (χ2v) is 7.68. The van der Waals surface area contributed by atoms with E-state index in [9.17, 15) is 0 Å². The number of hydrogen-bond donors (Lipinski definition) is 1. The Bertz CT molecular complexity index is 287. The van der Waals surface area contributed by atoms with Crippen molar-refractivity contribution in [1.29, 1.82) is 0 Å². The van der Waals surface area contributed by atoms with Crippen LogP contribution in [0.4, 0.5) is 0 Å². The third-order valence-corrected chi connectivity index (χ3v) is 6.02. The first-order chi connectivity index (χ1) is 10.2. The molecule has 1 N–H and O–H groups in total. The second-order valence-electron chi connectivity index (χ2n) is 7.68. The molecular weight excluding hydrogens is 256 g/mol. The molecule has 2 nitrogen and oxygen atoms in total. The molecule has 4 atom stereocenters.